The van der Waals surface area contributed by atoms with E-state index in [1.165, 1.54) is 5.56 Å². The van der Waals surface area contributed by atoms with Crippen LogP contribution in [-0.2, 0) is 17.9 Å². The molecule has 2 heterocycles. The number of thioether (sulfide) groups is 1. The molecule has 3 N–H and O–H groups in total. The third-order valence-corrected chi connectivity index (χ3v) is 5.56. The molecular formula is C25H24N3O4S. The molecule has 33 heavy (non-hydrogen) atoms. The van der Waals surface area contributed by atoms with Crippen molar-refractivity contribution in [1.82, 2.24) is 14.9 Å². The molecule has 4 aromatic rings. The van der Waals surface area contributed by atoms with Gasteiger partial charge in [0.15, 0.2) is 0 Å². The zero-order valence-corrected chi connectivity index (χ0v) is 18.7. The standard InChI is InChI=1S/C22H19N2O.C3H3NO2S.H2O/c1-17-7-10-20(11-8-17)25-15-19-9-12-22-21(13-19)23-16-24(22)14-18-5-3-2-4-6-18;5-2-1-7-3(6)4-2;/h2-13,16H,1,14-15H2;1H2,(H,4,5,6);1H2. The van der Waals surface area contributed by atoms with Crippen LogP contribution in [0.1, 0.15) is 16.7 Å². The lowest BCUT2D eigenvalue weighted by molar-refractivity contribution is -0.117. The zero-order chi connectivity index (χ0) is 22.3. The molecule has 8 heteroatoms. The highest BCUT2D eigenvalue weighted by Crippen LogP contribution is 2.19. The fourth-order valence-corrected chi connectivity index (χ4v) is 3.70. The Morgan fingerprint density at radius 2 is 1.76 bits per heavy atom. The molecule has 169 valence electrons. The van der Waals surface area contributed by atoms with Gasteiger partial charge < -0.3 is 14.8 Å². The SMILES string of the molecule is O.O=C1CSC(=O)N1.[CH2]c1ccc(OCc2ccc3c(c2)ncn3Cc2ccccc2)cc1. The van der Waals surface area contributed by atoms with Crippen LogP contribution in [0.2, 0.25) is 0 Å². The quantitative estimate of drug-likeness (QED) is 0.483. The first kappa shape index (κ1) is 24.0. The highest BCUT2D eigenvalue weighted by molar-refractivity contribution is 8.14. The Labute approximate surface area is 196 Å². The van der Waals surface area contributed by atoms with Crippen molar-refractivity contribution >= 4 is 33.9 Å². The number of hydrogen-bond donors (Lipinski definition) is 1. The Balaban J connectivity index is 0.000000330. The summed E-state index contributed by atoms with van der Waals surface area (Å²) in [6, 6.07) is 24.5. The first-order chi connectivity index (χ1) is 15.6. The van der Waals surface area contributed by atoms with Crippen LogP contribution in [0.5, 0.6) is 5.75 Å². The van der Waals surface area contributed by atoms with Crippen LogP contribution in [-0.4, -0.2) is 31.9 Å². The van der Waals surface area contributed by atoms with Crippen molar-refractivity contribution in [3.8, 4) is 5.75 Å². The third-order valence-electron chi connectivity index (χ3n) is 4.79. The number of imidazole rings is 1. The predicted octanol–water partition coefficient (Wildman–Crippen LogP) is 3.99. The van der Waals surface area contributed by atoms with Crippen LogP contribution in [0, 0.1) is 6.92 Å². The lowest BCUT2D eigenvalue weighted by atomic mass is 10.2. The van der Waals surface area contributed by atoms with E-state index in [9.17, 15) is 9.59 Å². The number of benzene rings is 3. The van der Waals surface area contributed by atoms with E-state index in [0.29, 0.717) is 12.4 Å². The molecular weight excluding hydrogens is 438 g/mol. The Hall–Kier alpha value is -3.62. The lowest BCUT2D eigenvalue weighted by Gasteiger charge is -2.08. The number of ether oxygens (including phenoxy) is 1. The van der Waals surface area contributed by atoms with Gasteiger partial charge in [0.2, 0.25) is 5.91 Å². The van der Waals surface area contributed by atoms with Gasteiger partial charge in [-0.2, -0.15) is 0 Å². The molecule has 1 aliphatic heterocycles. The Morgan fingerprint density at radius 3 is 2.39 bits per heavy atom. The molecule has 0 atom stereocenters. The van der Waals surface area contributed by atoms with Gasteiger partial charge in [0.25, 0.3) is 5.24 Å². The second-order valence-electron chi connectivity index (χ2n) is 7.24. The van der Waals surface area contributed by atoms with Crippen molar-refractivity contribution < 1.29 is 19.8 Å². The van der Waals surface area contributed by atoms with Gasteiger partial charge in [-0.3, -0.25) is 14.9 Å². The van der Waals surface area contributed by atoms with E-state index >= 15 is 0 Å². The maximum absolute atomic E-state index is 10.1. The number of aromatic nitrogens is 2. The summed E-state index contributed by atoms with van der Waals surface area (Å²) in [5.41, 5.74) is 5.48. The number of rotatable bonds is 5. The minimum atomic E-state index is -0.231. The molecule has 1 radical (unpaired) electrons. The van der Waals surface area contributed by atoms with Crippen molar-refractivity contribution in [2.45, 2.75) is 13.2 Å². The number of nitrogens with one attached hydrogen (secondary N) is 1. The number of carbonyl (C=O) groups is 2. The van der Waals surface area contributed by atoms with Crippen LogP contribution < -0.4 is 10.1 Å². The average Bonchev–Trinajstić information content (AvgIpc) is 3.39. The van der Waals surface area contributed by atoms with Crippen LogP contribution in [0.15, 0.2) is 79.1 Å². The minimum absolute atomic E-state index is 0. The van der Waals surface area contributed by atoms with Gasteiger partial charge in [-0.05, 0) is 47.9 Å². The molecule has 1 saturated heterocycles. The number of nitrogens with zero attached hydrogens (tertiary/aromatic N) is 2. The van der Waals surface area contributed by atoms with E-state index in [1.807, 2.05) is 36.7 Å². The monoisotopic (exact) mass is 462 g/mol. The summed E-state index contributed by atoms with van der Waals surface area (Å²) in [7, 11) is 0. The molecule has 0 unspecified atom stereocenters. The van der Waals surface area contributed by atoms with E-state index < -0.39 is 0 Å². The number of carbonyl (C=O) groups excluding carboxylic acids is 2. The van der Waals surface area contributed by atoms with Gasteiger partial charge in [0.1, 0.15) is 12.4 Å². The lowest BCUT2D eigenvalue weighted by Crippen LogP contribution is -2.18. The van der Waals surface area contributed by atoms with Crippen molar-refractivity contribution in [2.24, 2.45) is 0 Å². The highest BCUT2D eigenvalue weighted by atomic mass is 32.2. The van der Waals surface area contributed by atoms with Crippen LogP contribution in [0.25, 0.3) is 11.0 Å². The number of imide groups is 1. The van der Waals surface area contributed by atoms with Crippen LogP contribution >= 0.6 is 11.8 Å². The number of amides is 2. The molecule has 0 spiro atoms. The molecule has 0 aliphatic carbocycles. The number of fused-ring (bicyclic) bond motifs is 1. The van der Waals surface area contributed by atoms with E-state index in [1.54, 1.807) is 0 Å². The minimum Gasteiger partial charge on any atom is -0.489 e. The Bertz CT molecular complexity index is 1210. The first-order valence-corrected chi connectivity index (χ1v) is 11.0. The molecule has 1 aromatic heterocycles. The number of hydrogen-bond acceptors (Lipinski definition) is 5. The molecule has 3 aromatic carbocycles. The van der Waals surface area contributed by atoms with Crippen molar-refractivity contribution in [1.29, 1.82) is 0 Å². The summed E-state index contributed by atoms with van der Waals surface area (Å²) in [6.45, 7) is 5.23. The largest absolute Gasteiger partial charge is 0.489 e. The second kappa shape index (κ2) is 11.3. The fraction of sp³-hybridized carbons (Fsp3) is 0.120. The maximum atomic E-state index is 10.1. The van der Waals surface area contributed by atoms with Crippen molar-refractivity contribution in [2.75, 3.05) is 5.75 Å². The smallest absolute Gasteiger partial charge is 0.286 e. The Morgan fingerprint density at radius 1 is 1.00 bits per heavy atom. The van der Waals surface area contributed by atoms with Gasteiger partial charge in [-0.1, -0.05) is 60.3 Å². The Kier molecular flexibility index (Phi) is 8.23. The van der Waals surface area contributed by atoms with Gasteiger partial charge in [0, 0.05) is 6.54 Å². The summed E-state index contributed by atoms with van der Waals surface area (Å²) in [5, 5.41) is 1.87. The predicted molar refractivity (Wildman–Crippen MR) is 130 cm³/mol. The van der Waals surface area contributed by atoms with E-state index in [-0.39, 0.29) is 16.6 Å². The molecule has 2 amide bonds. The maximum Gasteiger partial charge on any atom is 0.286 e. The van der Waals surface area contributed by atoms with E-state index in [0.717, 1.165) is 46.2 Å². The van der Waals surface area contributed by atoms with E-state index in [2.05, 4.69) is 64.3 Å². The van der Waals surface area contributed by atoms with Gasteiger partial charge in [0.05, 0.1) is 23.1 Å². The summed E-state index contributed by atoms with van der Waals surface area (Å²) < 4.78 is 8.00. The van der Waals surface area contributed by atoms with Gasteiger partial charge in [-0.15, -0.1) is 0 Å². The first-order valence-electron chi connectivity index (χ1n) is 10.1. The summed E-state index contributed by atoms with van der Waals surface area (Å²) >= 11 is 1.01. The van der Waals surface area contributed by atoms with Crippen molar-refractivity contribution in [3.05, 3.63) is 103 Å². The summed E-state index contributed by atoms with van der Waals surface area (Å²) in [4.78, 5) is 24.7. The second-order valence-corrected chi connectivity index (χ2v) is 8.19. The molecule has 5 rings (SSSR count). The summed E-state index contributed by atoms with van der Waals surface area (Å²) in [5.74, 6) is 0.954. The van der Waals surface area contributed by atoms with Crippen LogP contribution in [0.3, 0.4) is 0 Å². The molecule has 1 fully saturated rings. The average molecular weight is 463 g/mol. The summed E-state index contributed by atoms with van der Waals surface area (Å²) in [6.07, 6.45) is 1.90. The van der Waals surface area contributed by atoms with Gasteiger partial charge in [-0.25, -0.2) is 4.98 Å². The molecule has 0 saturated carbocycles. The highest BCUT2D eigenvalue weighted by Gasteiger charge is 2.16. The van der Waals surface area contributed by atoms with Crippen LogP contribution in [0.4, 0.5) is 4.79 Å². The van der Waals surface area contributed by atoms with E-state index in [4.69, 9.17) is 4.74 Å². The normalized spacial score (nSPS) is 12.5. The molecule has 7 nitrogen and oxygen atoms in total. The third kappa shape index (κ3) is 6.68. The molecule has 0 bridgehead atoms. The van der Waals surface area contributed by atoms with Crippen molar-refractivity contribution in [3.63, 3.8) is 0 Å². The molecule has 1 aliphatic rings. The van der Waals surface area contributed by atoms with Gasteiger partial charge >= 0.3 is 0 Å². The zero-order valence-electron chi connectivity index (χ0n) is 17.9. The fourth-order valence-electron chi connectivity index (χ4n) is 3.17. The topological polar surface area (TPSA) is 105 Å².